The summed E-state index contributed by atoms with van der Waals surface area (Å²) in [7, 11) is 3.77. The maximum absolute atomic E-state index is 12.1. The van der Waals surface area contributed by atoms with Crippen LogP contribution in [0, 0.1) is 0 Å². The van der Waals surface area contributed by atoms with E-state index in [9.17, 15) is 4.79 Å². The number of thiazole rings is 1. The molecule has 118 valence electrons. The van der Waals surface area contributed by atoms with Gasteiger partial charge in [-0.05, 0) is 12.1 Å². The monoisotopic (exact) mass is 328 g/mol. The van der Waals surface area contributed by atoms with E-state index in [4.69, 9.17) is 0 Å². The first-order chi connectivity index (χ1) is 11.1. The summed E-state index contributed by atoms with van der Waals surface area (Å²) in [6, 6.07) is 8.08. The van der Waals surface area contributed by atoms with Gasteiger partial charge in [0.15, 0.2) is 11.0 Å². The van der Waals surface area contributed by atoms with E-state index >= 15 is 0 Å². The van der Waals surface area contributed by atoms with E-state index in [1.165, 1.54) is 0 Å². The lowest BCUT2D eigenvalue weighted by Crippen LogP contribution is -2.38. The van der Waals surface area contributed by atoms with Crippen LogP contribution in [0.3, 0.4) is 0 Å². The summed E-state index contributed by atoms with van der Waals surface area (Å²) >= 11 is 1.65. The van der Waals surface area contributed by atoms with Crippen LogP contribution in [-0.2, 0) is 13.1 Å². The molecular weight excluding hydrogens is 312 g/mol. The molecule has 0 saturated heterocycles. The predicted octanol–water partition coefficient (Wildman–Crippen LogP) is 1.61. The van der Waals surface area contributed by atoms with Crippen molar-refractivity contribution in [1.29, 1.82) is 0 Å². The molecule has 7 nitrogen and oxygen atoms in total. The summed E-state index contributed by atoms with van der Waals surface area (Å²) < 4.78 is 3.07. The molecule has 1 aliphatic heterocycles. The van der Waals surface area contributed by atoms with Crippen molar-refractivity contribution in [3.63, 3.8) is 0 Å². The Labute approximate surface area is 137 Å². The third-order valence-corrected chi connectivity index (χ3v) is 5.16. The largest absolute Gasteiger partial charge is 0.344 e. The first-order valence-corrected chi connectivity index (χ1v) is 8.19. The van der Waals surface area contributed by atoms with Crippen LogP contribution in [0.1, 0.15) is 16.4 Å². The van der Waals surface area contributed by atoms with Gasteiger partial charge in [-0.1, -0.05) is 23.5 Å². The second kappa shape index (κ2) is 5.31. The lowest BCUT2D eigenvalue weighted by molar-refractivity contribution is 0.0740. The molecule has 1 aromatic carbocycles. The van der Waals surface area contributed by atoms with Gasteiger partial charge in [-0.25, -0.2) is 4.98 Å². The Morgan fingerprint density at radius 3 is 2.91 bits per heavy atom. The number of amides is 1. The number of carbonyl (C=O) groups excluding carboxylic acids is 1. The van der Waals surface area contributed by atoms with Crippen LogP contribution in [0.15, 0.2) is 24.3 Å². The lowest BCUT2D eigenvalue weighted by Gasteiger charge is -2.24. The first kappa shape index (κ1) is 14.1. The van der Waals surface area contributed by atoms with Gasteiger partial charge in [-0.15, -0.1) is 10.2 Å². The molecule has 2 aromatic heterocycles. The summed E-state index contributed by atoms with van der Waals surface area (Å²) in [5.41, 5.74) is 0.999. The standard InChI is InChI=1S/C15H16N6OS/c1-19-7-8-21-12(17-18-13(21)14(19)22)9-20(2)15-16-10-5-3-4-6-11(10)23-15/h3-6H,7-9H2,1-2H3. The zero-order chi connectivity index (χ0) is 16.0. The van der Waals surface area contributed by atoms with Gasteiger partial charge in [0.2, 0.25) is 5.82 Å². The third kappa shape index (κ3) is 2.35. The topological polar surface area (TPSA) is 67.2 Å². The van der Waals surface area contributed by atoms with Crippen LogP contribution in [0.4, 0.5) is 5.13 Å². The minimum atomic E-state index is -0.0716. The molecule has 0 atom stereocenters. The lowest BCUT2D eigenvalue weighted by atomic mass is 10.3. The van der Waals surface area contributed by atoms with E-state index in [1.807, 2.05) is 34.7 Å². The first-order valence-electron chi connectivity index (χ1n) is 7.38. The maximum Gasteiger partial charge on any atom is 0.291 e. The quantitative estimate of drug-likeness (QED) is 0.731. The second-order valence-corrected chi connectivity index (χ2v) is 6.65. The fourth-order valence-electron chi connectivity index (χ4n) is 2.67. The van der Waals surface area contributed by atoms with E-state index in [2.05, 4.69) is 21.2 Å². The highest BCUT2D eigenvalue weighted by Gasteiger charge is 2.27. The molecule has 0 N–H and O–H groups in total. The smallest absolute Gasteiger partial charge is 0.291 e. The molecule has 0 aliphatic carbocycles. The van der Waals surface area contributed by atoms with Crippen molar-refractivity contribution in [3.8, 4) is 0 Å². The number of likely N-dealkylation sites (N-methyl/N-ethyl adjacent to an activating group) is 1. The van der Waals surface area contributed by atoms with Crippen molar-refractivity contribution in [2.75, 3.05) is 25.5 Å². The fraction of sp³-hybridized carbons (Fsp3) is 0.333. The second-order valence-electron chi connectivity index (χ2n) is 5.64. The maximum atomic E-state index is 12.1. The number of hydrogen-bond acceptors (Lipinski definition) is 6. The summed E-state index contributed by atoms with van der Waals surface area (Å²) in [5, 5.41) is 9.19. The Balaban J connectivity index is 1.61. The number of benzene rings is 1. The van der Waals surface area contributed by atoms with Gasteiger partial charge in [0.1, 0.15) is 0 Å². The van der Waals surface area contributed by atoms with Crippen molar-refractivity contribution in [3.05, 3.63) is 35.9 Å². The molecule has 3 aromatic rings. The summed E-state index contributed by atoms with van der Waals surface area (Å²) in [6.45, 7) is 1.99. The van der Waals surface area contributed by atoms with Crippen molar-refractivity contribution in [2.24, 2.45) is 0 Å². The molecule has 4 rings (SSSR count). The predicted molar refractivity (Wildman–Crippen MR) is 88.7 cm³/mol. The normalized spacial score (nSPS) is 14.3. The Kier molecular flexibility index (Phi) is 3.26. The van der Waals surface area contributed by atoms with Crippen LogP contribution >= 0.6 is 11.3 Å². The SMILES string of the molecule is CN1CCn2c(CN(C)c3nc4ccccc4s3)nnc2C1=O. The highest BCUT2D eigenvalue weighted by molar-refractivity contribution is 7.22. The van der Waals surface area contributed by atoms with Crippen LogP contribution in [0.25, 0.3) is 10.2 Å². The van der Waals surface area contributed by atoms with E-state index in [0.717, 1.165) is 27.7 Å². The van der Waals surface area contributed by atoms with E-state index in [1.54, 1.807) is 23.3 Å². The van der Waals surface area contributed by atoms with Crippen molar-refractivity contribution in [1.82, 2.24) is 24.6 Å². The highest BCUT2D eigenvalue weighted by Crippen LogP contribution is 2.28. The van der Waals surface area contributed by atoms with Gasteiger partial charge in [0, 0.05) is 27.2 Å². The molecule has 0 fully saturated rings. The van der Waals surface area contributed by atoms with Crippen molar-refractivity contribution >= 4 is 32.6 Å². The minimum absolute atomic E-state index is 0.0716. The molecular formula is C15H16N6OS. The molecule has 1 amide bonds. The van der Waals surface area contributed by atoms with Crippen LogP contribution in [0.5, 0.6) is 0 Å². The molecule has 8 heteroatoms. The average molecular weight is 328 g/mol. The van der Waals surface area contributed by atoms with Crippen molar-refractivity contribution in [2.45, 2.75) is 13.1 Å². The minimum Gasteiger partial charge on any atom is -0.344 e. The summed E-state index contributed by atoms with van der Waals surface area (Å²) in [4.78, 5) is 20.4. The zero-order valence-electron chi connectivity index (χ0n) is 12.9. The van der Waals surface area contributed by atoms with Crippen molar-refractivity contribution < 1.29 is 4.79 Å². The number of nitrogens with zero attached hydrogens (tertiary/aromatic N) is 6. The van der Waals surface area contributed by atoms with Gasteiger partial charge in [0.25, 0.3) is 5.91 Å². The van der Waals surface area contributed by atoms with Crippen LogP contribution in [-0.4, -0.2) is 51.2 Å². The van der Waals surface area contributed by atoms with Crippen LogP contribution < -0.4 is 4.90 Å². The molecule has 0 spiro atoms. The molecule has 1 aliphatic rings. The fourth-order valence-corrected chi connectivity index (χ4v) is 3.60. The Bertz CT molecular complexity index is 852. The Morgan fingerprint density at radius 1 is 1.26 bits per heavy atom. The average Bonchev–Trinajstić information content (AvgIpc) is 3.15. The molecule has 0 unspecified atom stereocenters. The number of rotatable bonds is 3. The summed E-state index contributed by atoms with van der Waals surface area (Å²) in [6.07, 6.45) is 0. The van der Waals surface area contributed by atoms with Gasteiger partial charge in [-0.3, -0.25) is 4.79 Å². The van der Waals surface area contributed by atoms with E-state index < -0.39 is 0 Å². The van der Waals surface area contributed by atoms with Gasteiger partial charge in [0.05, 0.1) is 16.8 Å². The number of hydrogen-bond donors (Lipinski definition) is 0. The van der Waals surface area contributed by atoms with Gasteiger partial charge >= 0.3 is 0 Å². The van der Waals surface area contributed by atoms with E-state index in [-0.39, 0.29) is 5.91 Å². The highest BCUT2D eigenvalue weighted by atomic mass is 32.1. The summed E-state index contributed by atoms with van der Waals surface area (Å²) in [5.74, 6) is 1.15. The van der Waals surface area contributed by atoms with Crippen LogP contribution in [0.2, 0.25) is 0 Å². The number of aromatic nitrogens is 4. The number of para-hydroxylation sites is 1. The molecule has 23 heavy (non-hydrogen) atoms. The van der Waals surface area contributed by atoms with E-state index in [0.29, 0.717) is 18.9 Å². The van der Waals surface area contributed by atoms with Gasteiger partial charge in [-0.2, -0.15) is 0 Å². The third-order valence-electron chi connectivity index (χ3n) is 4.01. The Morgan fingerprint density at radius 2 is 2.09 bits per heavy atom. The zero-order valence-corrected chi connectivity index (χ0v) is 13.7. The molecule has 3 heterocycles. The number of fused-ring (bicyclic) bond motifs is 2. The molecule has 0 saturated carbocycles. The molecule has 0 bridgehead atoms. The Hall–Kier alpha value is -2.48. The number of carbonyl (C=O) groups is 1. The van der Waals surface area contributed by atoms with Gasteiger partial charge < -0.3 is 14.4 Å². The number of anilines is 1. The molecule has 0 radical (unpaired) electrons.